The Labute approximate surface area is 176 Å². The Morgan fingerprint density at radius 2 is 1.86 bits per heavy atom. The average Bonchev–Trinajstić information content (AvgIpc) is 2.66. The molecule has 0 aromatic heterocycles. The minimum Gasteiger partial charge on any atom is -0.497 e. The Kier molecular flexibility index (Phi) is 7.37. The lowest BCUT2D eigenvalue weighted by Crippen LogP contribution is -2.41. The molecule has 0 radical (unpaired) electrons. The Morgan fingerprint density at radius 3 is 2.45 bits per heavy atom. The number of carbonyl (C=O) groups excluding carboxylic acids is 1. The highest BCUT2D eigenvalue weighted by Crippen LogP contribution is 2.30. The first kappa shape index (κ1) is 22.8. The van der Waals surface area contributed by atoms with E-state index in [1.165, 1.54) is 13.2 Å². The third kappa shape index (κ3) is 5.77. The number of benzene rings is 2. The number of methoxy groups -OCH3 is 2. The predicted octanol–water partition coefficient (Wildman–Crippen LogP) is 3.31. The molecule has 0 saturated heterocycles. The molecule has 0 heterocycles. The molecule has 0 fully saturated rings. The Bertz CT molecular complexity index is 994. The smallest absolute Gasteiger partial charge is 0.241 e. The van der Waals surface area contributed by atoms with Crippen molar-refractivity contribution in [1.29, 1.82) is 0 Å². The van der Waals surface area contributed by atoms with E-state index in [9.17, 15) is 13.2 Å². The molecule has 2 aromatic rings. The summed E-state index contributed by atoms with van der Waals surface area (Å²) in [5.74, 6) is 0.741. The first-order chi connectivity index (χ1) is 13.6. The van der Waals surface area contributed by atoms with Gasteiger partial charge in [-0.3, -0.25) is 9.10 Å². The van der Waals surface area contributed by atoms with Gasteiger partial charge in [-0.1, -0.05) is 17.7 Å². The normalized spacial score (nSPS) is 12.2. The molecule has 1 amide bonds. The van der Waals surface area contributed by atoms with Crippen LogP contribution in [-0.2, 0) is 14.8 Å². The Balaban J connectivity index is 2.26. The Morgan fingerprint density at radius 1 is 1.17 bits per heavy atom. The van der Waals surface area contributed by atoms with E-state index in [-0.39, 0.29) is 6.54 Å². The maximum atomic E-state index is 12.7. The van der Waals surface area contributed by atoms with Crippen molar-refractivity contribution in [2.75, 3.05) is 31.3 Å². The van der Waals surface area contributed by atoms with Crippen molar-refractivity contribution in [3.05, 3.63) is 52.5 Å². The van der Waals surface area contributed by atoms with Crippen LogP contribution in [0, 0.1) is 6.92 Å². The number of carbonyl (C=O) groups is 1. The van der Waals surface area contributed by atoms with E-state index < -0.39 is 22.0 Å². The number of rotatable bonds is 8. The molecule has 0 saturated carbocycles. The predicted molar refractivity (Wildman–Crippen MR) is 114 cm³/mol. The molecular formula is C20H25ClN2O5S. The number of anilines is 1. The molecule has 2 aromatic carbocycles. The summed E-state index contributed by atoms with van der Waals surface area (Å²) >= 11 is 6.03. The molecule has 0 unspecified atom stereocenters. The molecule has 0 bridgehead atoms. The number of nitrogens with zero attached hydrogens (tertiary/aromatic N) is 1. The van der Waals surface area contributed by atoms with Gasteiger partial charge in [-0.2, -0.15) is 0 Å². The van der Waals surface area contributed by atoms with Crippen LogP contribution in [0.15, 0.2) is 36.4 Å². The van der Waals surface area contributed by atoms with Crippen LogP contribution in [0.3, 0.4) is 0 Å². The zero-order chi connectivity index (χ0) is 21.8. The number of hydrogen-bond donors (Lipinski definition) is 1. The van der Waals surface area contributed by atoms with Crippen molar-refractivity contribution >= 4 is 33.2 Å². The summed E-state index contributed by atoms with van der Waals surface area (Å²) in [6, 6.07) is 9.72. The quantitative estimate of drug-likeness (QED) is 0.680. The van der Waals surface area contributed by atoms with Crippen molar-refractivity contribution in [3.63, 3.8) is 0 Å². The lowest BCUT2D eigenvalue weighted by atomic mass is 10.1. The van der Waals surface area contributed by atoms with Crippen molar-refractivity contribution < 1.29 is 22.7 Å². The van der Waals surface area contributed by atoms with E-state index in [1.54, 1.807) is 51.3 Å². The molecule has 9 heteroatoms. The van der Waals surface area contributed by atoms with Crippen molar-refractivity contribution in [2.24, 2.45) is 0 Å². The first-order valence-electron chi connectivity index (χ1n) is 8.82. The summed E-state index contributed by atoms with van der Waals surface area (Å²) in [5.41, 5.74) is 1.77. The number of halogens is 1. The molecule has 0 aliphatic heterocycles. The number of nitrogens with one attached hydrogen (secondary N) is 1. The van der Waals surface area contributed by atoms with Crippen molar-refractivity contribution in [2.45, 2.75) is 19.9 Å². The number of aryl methyl sites for hydroxylation is 1. The van der Waals surface area contributed by atoms with Gasteiger partial charge >= 0.3 is 0 Å². The monoisotopic (exact) mass is 440 g/mol. The van der Waals surface area contributed by atoms with Gasteiger partial charge in [0, 0.05) is 10.6 Å². The van der Waals surface area contributed by atoms with E-state index in [0.29, 0.717) is 33.3 Å². The molecule has 29 heavy (non-hydrogen) atoms. The zero-order valence-electron chi connectivity index (χ0n) is 17.0. The SMILES string of the molecule is COc1ccc(OC)c([C@@H](C)NC(=O)CN(c2cc(Cl)ccc2C)S(C)(=O)=O)c1. The fraction of sp³-hybridized carbons (Fsp3) is 0.350. The standard InChI is InChI=1S/C20H25ClN2O5S/c1-13-6-7-15(21)10-18(13)23(29(5,25)26)12-20(24)22-14(2)17-11-16(27-3)8-9-19(17)28-4/h6-11,14H,12H2,1-5H3,(H,22,24)/t14-/m1/s1. The van der Waals surface area contributed by atoms with Crippen LogP contribution in [0.25, 0.3) is 0 Å². The van der Waals surface area contributed by atoms with Crippen LogP contribution in [0.1, 0.15) is 24.1 Å². The minimum absolute atomic E-state index is 0.363. The highest BCUT2D eigenvalue weighted by molar-refractivity contribution is 7.92. The van der Waals surface area contributed by atoms with E-state index in [4.69, 9.17) is 21.1 Å². The van der Waals surface area contributed by atoms with Gasteiger partial charge in [-0.25, -0.2) is 8.42 Å². The maximum Gasteiger partial charge on any atom is 0.241 e. The van der Waals surface area contributed by atoms with Crippen LogP contribution >= 0.6 is 11.6 Å². The summed E-state index contributed by atoms with van der Waals surface area (Å²) in [5, 5.41) is 3.20. The highest BCUT2D eigenvalue weighted by Gasteiger charge is 2.24. The summed E-state index contributed by atoms with van der Waals surface area (Å²) in [7, 11) is -0.624. The van der Waals surface area contributed by atoms with E-state index in [1.807, 2.05) is 0 Å². The number of amides is 1. The summed E-state index contributed by atoms with van der Waals surface area (Å²) in [6.45, 7) is 3.16. The number of sulfonamides is 1. The molecular weight excluding hydrogens is 416 g/mol. The Hall–Kier alpha value is -2.45. The molecule has 1 atom stereocenters. The number of ether oxygens (including phenoxy) is 2. The van der Waals surface area contributed by atoms with Crippen LogP contribution in [0.5, 0.6) is 11.5 Å². The number of hydrogen-bond acceptors (Lipinski definition) is 5. The van der Waals surface area contributed by atoms with Gasteiger partial charge in [0.25, 0.3) is 0 Å². The lowest BCUT2D eigenvalue weighted by Gasteiger charge is -2.25. The minimum atomic E-state index is -3.71. The van der Waals surface area contributed by atoms with E-state index in [0.717, 1.165) is 10.6 Å². The topological polar surface area (TPSA) is 84.9 Å². The van der Waals surface area contributed by atoms with Crippen molar-refractivity contribution in [3.8, 4) is 11.5 Å². The molecule has 1 N–H and O–H groups in total. The summed E-state index contributed by atoms with van der Waals surface area (Å²) < 4.78 is 36.3. The lowest BCUT2D eigenvalue weighted by molar-refractivity contribution is -0.120. The zero-order valence-corrected chi connectivity index (χ0v) is 18.6. The van der Waals surface area contributed by atoms with Gasteiger partial charge < -0.3 is 14.8 Å². The fourth-order valence-corrected chi connectivity index (χ4v) is 3.98. The van der Waals surface area contributed by atoms with Gasteiger partial charge in [0.1, 0.15) is 18.0 Å². The third-order valence-corrected chi connectivity index (χ3v) is 5.77. The van der Waals surface area contributed by atoms with E-state index in [2.05, 4.69) is 5.32 Å². The van der Waals surface area contributed by atoms with E-state index >= 15 is 0 Å². The van der Waals surface area contributed by atoms with Crippen molar-refractivity contribution in [1.82, 2.24) is 5.32 Å². The second-order valence-corrected chi connectivity index (χ2v) is 8.94. The summed E-state index contributed by atoms with van der Waals surface area (Å²) in [6.07, 6.45) is 1.05. The average molecular weight is 441 g/mol. The third-order valence-electron chi connectivity index (χ3n) is 4.41. The van der Waals surface area contributed by atoms with Crippen LogP contribution in [0.4, 0.5) is 5.69 Å². The summed E-state index contributed by atoms with van der Waals surface area (Å²) in [4.78, 5) is 12.7. The fourth-order valence-electron chi connectivity index (χ4n) is 2.91. The van der Waals surface area contributed by atoms with Gasteiger partial charge in [0.2, 0.25) is 15.9 Å². The molecule has 158 valence electrons. The van der Waals surface area contributed by atoms with Gasteiger partial charge in [-0.15, -0.1) is 0 Å². The molecule has 2 rings (SSSR count). The van der Waals surface area contributed by atoms with Crippen LogP contribution < -0.4 is 19.1 Å². The van der Waals surface area contributed by atoms with Gasteiger partial charge in [0.05, 0.1) is 32.2 Å². The van der Waals surface area contributed by atoms with Gasteiger partial charge in [0.15, 0.2) is 0 Å². The molecule has 0 aliphatic carbocycles. The van der Waals surface area contributed by atoms with Crippen LogP contribution in [-0.4, -0.2) is 41.3 Å². The van der Waals surface area contributed by atoms with Gasteiger partial charge in [-0.05, 0) is 49.7 Å². The molecule has 0 aliphatic rings. The molecule has 7 nitrogen and oxygen atoms in total. The largest absolute Gasteiger partial charge is 0.497 e. The second-order valence-electron chi connectivity index (χ2n) is 6.60. The highest BCUT2D eigenvalue weighted by atomic mass is 35.5. The first-order valence-corrected chi connectivity index (χ1v) is 11.0. The second kappa shape index (κ2) is 9.37. The molecule has 0 spiro atoms. The maximum absolute atomic E-state index is 12.7. The van der Waals surface area contributed by atoms with Crippen LogP contribution in [0.2, 0.25) is 5.02 Å².